The molecule has 4 heterocycles. The second kappa shape index (κ2) is 11.4. The molecule has 1 amide bonds. The summed E-state index contributed by atoms with van der Waals surface area (Å²) in [5.74, 6) is -1.20. The molecule has 3 aliphatic rings. The molecule has 40 heavy (non-hydrogen) atoms. The normalized spacial score (nSPS) is 27.1. The summed E-state index contributed by atoms with van der Waals surface area (Å²) in [6, 6.07) is 5.80. The first kappa shape index (κ1) is 29.0. The average Bonchev–Trinajstić information content (AvgIpc) is 3.18. The van der Waals surface area contributed by atoms with Crippen molar-refractivity contribution in [3.63, 3.8) is 0 Å². The van der Waals surface area contributed by atoms with Crippen LogP contribution in [-0.4, -0.2) is 103 Å². The lowest BCUT2D eigenvalue weighted by molar-refractivity contribution is -0.122. The summed E-state index contributed by atoms with van der Waals surface area (Å²) < 4.78 is 33.4. The number of carbonyl (C=O) groups is 1. The second-order valence-electron chi connectivity index (χ2n) is 12.5. The van der Waals surface area contributed by atoms with Crippen LogP contribution in [-0.2, 0) is 21.4 Å². The van der Waals surface area contributed by atoms with E-state index in [0.29, 0.717) is 31.0 Å². The molecule has 2 N–H and O–H groups in total. The van der Waals surface area contributed by atoms with Crippen LogP contribution >= 0.6 is 0 Å². The van der Waals surface area contributed by atoms with Gasteiger partial charge in [0.15, 0.2) is 0 Å². The molecule has 3 aliphatic heterocycles. The van der Waals surface area contributed by atoms with E-state index < -0.39 is 17.2 Å². The zero-order valence-corrected chi connectivity index (χ0v) is 23.9. The molecule has 0 saturated carbocycles. The van der Waals surface area contributed by atoms with E-state index in [1.807, 2.05) is 17.9 Å². The summed E-state index contributed by atoms with van der Waals surface area (Å²) in [4.78, 5) is 24.9. The summed E-state index contributed by atoms with van der Waals surface area (Å²) in [6.45, 7) is 13.3. The molecular formula is C30H41F2N5O3. The van der Waals surface area contributed by atoms with Crippen molar-refractivity contribution in [2.75, 3.05) is 64.0 Å². The zero-order chi connectivity index (χ0) is 28.7. The van der Waals surface area contributed by atoms with Crippen LogP contribution in [0.3, 0.4) is 0 Å². The molecule has 1 aromatic carbocycles. The van der Waals surface area contributed by atoms with Gasteiger partial charge in [-0.15, -0.1) is 0 Å². The number of aliphatic hydroxyl groups excluding tert-OH is 1. The van der Waals surface area contributed by atoms with Gasteiger partial charge in [-0.3, -0.25) is 19.6 Å². The topological polar surface area (TPSA) is 81.2 Å². The van der Waals surface area contributed by atoms with E-state index >= 15 is 0 Å². The summed E-state index contributed by atoms with van der Waals surface area (Å²) >= 11 is 0. The van der Waals surface area contributed by atoms with E-state index in [4.69, 9.17) is 4.74 Å². The lowest BCUT2D eigenvalue weighted by Crippen LogP contribution is -2.65. The minimum absolute atomic E-state index is 0.0142. The third kappa shape index (κ3) is 5.92. The molecule has 3 atom stereocenters. The van der Waals surface area contributed by atoms with Crippen LogP contribution in [0.25, 0.3) is 0 Å². The minimum Gasteiger partial charge on any atom is -0.394 e. The first-order valence-corrected chi connectivity index (χ1v) is 14.1. The van der Waals surface area contributed by atoms with Crippen LogP contribution < -0.4 is 10.2 Å². The number of hydrogen-bond acceptors (Lipinski definition) is 7. The van der Waals surface area contributed by atoms with Crippen molar-refractivity contribution >= 4 is 11.6 Å². The fourth-order valence-corrected chi connectivity index (χ4v) is 6.18. The monoisotopic (exact) mass is 557 g/mol. The highest BCUT2D eigenvalue weighted by Gasteiger charge is 2.41. The number of nitrogens with zero attached hydrogens (tertiary/aromatic N) is 4. The van der Waals surface area contributed by atoms with Gasteiger partial charge in [-0.05, 0) is 31.5 Å². The Balaban J connectivity index is 1.35. The fraction of sp³-hybridized carbons (Fsp3) is 0.600. The molecule has 218 valence electrons. The van der Waals surface area contributed by atoms with Gasteiger partial charge < -0.3 is 20.1 Å². The summed E-state index contributed by atoms with van der Waals surface area (Å²) in [6.07, 6.45) is 2.01. The molecule has 0 radical (unpaired) electrons. The van der Waals surface area contributed by atoms with E-state index in [1.165, 1.54) is 12.1 Å². The molecule has 5 rings (SSSR count). The average molecular weight is 558 g/mol. The van der Waals surface area contributed by atoms with Crippen LogP contribution in [0.15, 0.2) is 30.5 Å². The molecule has 0 unspecified atom stereocenters. The lowest BCUT2D eigenvalue weighted by atomic mass is 9.88. The Kier molecular flexibility index (Phi) is 8.27. The number of nitrogens with one attached hydrogen (secondary N) is 1. The van der Waals surface area contributed by atoms with Crippen molar-refractivity contribution in [3.05, 3.63) is 58.9 Å². The maximum absolute atomic E-state index is 14.3. The number of aromatic nitrogens is 1. The van der Waals surface area contributed by atoms with E-state index in [0.717, 1.165) is 43.5 Å². The predicted molar refractivity (Wildman–Crippen MR) is 149 cm³/mol. The number of hydrogen-bond donors (Lipinski definition) is 2. The van der Waals surface area contributed by atoms with Gasteiger partial charge >= 0.3 is 0 Å². The molecule has 0 spiro atoms. The highest BCUT2D eigenvalue weighted by molar-refractivity contribution is 5.97. The first-order chi connectivity index (χ1) is 19.0. The third-order valence-corrected chi connectivity index (χ3v) is 8.72. The highest BCUT2D eigenvalue weighted by atomic mass is 19.1. The molecule has 0 aliphatic carbocycles. The first-order valence-electron chi connectivity index (χ1n) is 14.1. The van der Waals surface area contributed by atoms with Crippen molar-refractivity contribution in [1.82, 2.24) is 20.1 Å². The summed E-state index contributed by atoms with van der Waals surface area (Å²) in [7, 11) is 0. The van der Waals surface area contributed by atoms with Crippen LogP contribution in [0.4, 0.5) is 14.5 Å². The fourth-order valence-electron chi connectivity index (χ4n) is 6.18. The Hall–Kier alpha value is -2.50. The number of amides is 1. The highest BCUT2D eigenvalue weighted by Crippen LogP contribution is 2.40. The quantitative estimate of drug-likeness (QED) is 0.541. The molecule has 2 saturated heterocycles. The zero-order valence-electron chi connectivity index (χ0n) is 23.9. The van der Waals surface area contributed by atoms with Gasteiger partial charge in [-0.1, -0.05) is 19.9 Å². The number of carbonyl (C=O) groups excluding carboxylic acids is 1. The van der Waals surface area contributed by atoms with Crippen LogP contribution in [0.2, 0.25) is 0 Å². The maximum Gasteiger partial charge on any atom is 0.241 e. The number of fused-ring (bicyclic) bond motifs is 1. The Morgan fingerprint density at radius 1 is 1.25 bits per heavy atom. The number of piperazine rings is 1. The van der Waals surface area contributed by atoms with E-state index in [1.54, 1.807) is 6.20 Å². The van der Waals surface area contributed by atoms with Gasteiger partial charge in [-0.2, -0.15) is 0 Å². The number of benzene rings is 1. The number of ether oxygens (including phenoxy) is 1. The van der Waals surface area contributed by atoms with Crippen molar-refractivity contribution in [2.45, 2.75) is 57.2 Å². The van der Waals surface area contributed by atoms with Gasteiger partial charge in [0, 0.05) is 80.2 Å². The maximum atomic E-state index is 14.3. The SMILES string of the molecule is C[C@@H]1CN(CC(=O)N2CC(C)(C)c3cnc(Cc4ccc(F)cc4F)cc32)[C@@H](CN2CCOC[C@@]2(C)CO)CN1. The van der Waals surface area contributed by atoms with E-state index in [-0.39, 0.29) is 43.0 Å². The molecular weight excluding hydrogens is 516 g/mol. The number of aliphatic hydroxyl groups is 1. The van der Waals surface area contributed by atoms with Crippen molar-refractivity contribution in [1.29, 1.82) is 0 Å². The number of halogens is 2. The summed E-state index contributed by atoms with van der Waals surface area (Å²) in [5.41, 5.74) is 2.07. The van der Waals surface area contributed by atoms with E-state index in [9.17, 15) is 18.7 Å². The number of rotatable bonds is 7. The minimum atomic E-state index is -0.614. The molecule has 2 aromatic rings. The van der Waals surface area contributed by atoms with Gasteiger partial charge in [0.25, 0.3) is 0 Å². The molecule has 1 aromatic heterocycles. The Bertz CT molecular complexity index is 1240. The van der Waals surface area contributed by atoms with Gasteiger partial charge in [0.1, 0.15) is 11.6 Å². The molecule has 8 nitrogen and oxygen atoms in total. The van der Waals surface area contributed by atoms with Gasteiger partial charge in [-0.25, -0.2) is 8.78 Å². The number of morpholine rings is 1. The second-order valence-corrected chi connectivity index (χ2v) is 12.5. The number of anilines is 1. The van der Waals surface area contributed by atoms with Crippen molar-refractivity contribution < 1.29 is 23.4 Å². The Labute approximate surface area is 235 Å². The van der Waals surface area contributed by atoms with Gasteiger partial charge in [0.05, 0.1) is 37.6 Å². The van der Waals surface area contributed by atoms with Crippen LogP contribution in [0.1, 0.15) is 44.5 Å². The summed E-state index contributed by atoms with van der Waals surface area (Å²) in [5, 5.41) is 13.6. The Morgan fingerprint density at radius 2 is 2.05 bits per heavy atom. The van der Waals surface area contributed by atoms with Crippen molar-refractivity contribution in [2.24, 2.45) is 0 Å². The largest absolute Gasteiger partial charge is 0.394 e. The van der Waals surface area contributed by atoms with Crippen LogP contribution in [0.5, 0.6) is 0 Å². The Morgan fingerprint density at radius 3 is 2.80 bits per heavy atom. The van der Waals surface area contributed by atoms with Crippen molar-refractivity contribution in [3.8, 4) is 0 Å². The van der Waals surface area contributed by atoms with Crippen LogP contribution in [0, 0.1) is 11.6 Å². The molecule has 0 bridgehead atoms. The molecule has 10 heteroatoms. The standard InChI is InChI=1S/C30H41F2N5O3/c1-20-14-35(24(12-33-20)15-36-7-8-40-19-30(36,4)18-38)16-28(39)37-17-29(2,3)25-13-34-23(11-27(25)37)9-21-5-6-22(31)10-26(21)32/h5-6,10-11,13,20,24,33,38H,7-9,12,14-19H2,1-4H3/t20-,24-,30-/m1/s1. The van der Waals surface area contributed by atoms with E-state index in [2.05, 4.69) is 40.9 Å². The lowest BCUT2D eigenvalue weighted by Gasteiger charge is -2.48. The predicted octanol–water partition coefficient (Wildman–Crippen LogP) is 2.32. The van der Waals surface area contributed by atoms with Gasteiger partial charge in [0.2, 0.25) is 5.91 Å². The third-order valence-electron chi connectivity index (χ3n) is 8.72. The number of pyridine rings is 1. The molecule has 2 fully saturated rings. The smallest absolute Gasteiger partial charge is 0.241 e.